The minimum Gasteiger partial charge on any atom is -0.398 e. The van der Waals surface area contributed by atoms with Gasteiger partial charge in [-0.3, -0.25) is 4.79 Å². The van der Waals surface area contributed by atoms with Crippen molar-refractivity contribution in [3.63, 3.8) is 0 Å². The third-order valence-electron chi connectivity index (χ3n) is 2.43. The number of anilines is 1. The van der Waals surface area contributed by atoms with Crippen LogP contribution < -0.4 is 5.73 Å². The van der Waals surface area contributed by atoms with E-state index in [0.717, 1.165) is 12.1 Å². The van der Waals surface area contributed by atoms with Gasteiger partial charge in [-0.15, -0.1) is 0 Å². The number of ketones is 1. The van der Waals surface area contributed by atoms with Crippen molar-refractivity contribution in [2.24, 2.45) is 0 Å². The Balaban J connectivity index is 2.48. The molecule has 0 spiro atoms. The highest BCUT2D eigenvalue weighted by Gasteiger charge is 2.17. The lowest BCUT2D eigenvalue weighted by atomic mass is 10.0. The molecule has 0 aliphatic rings. The van der Waals surface area contributed by atoms with E-state index >= 15 is 0 Å². The van der Waals surface area contributed by atoms with Crippen LogP contribution in [0.5, 0.6) is 0 Å². The molecule has 92 valence electrons. The molecule has 0 aliphatic heterocycles. The van der Waals surface area contributed by atoms with Crippen LogP contribution in [0.25, 0.3) is 0 Å². The summed E-state index contributed by atoms with van der Waals surface area (Å²) in [5, 5.41) is 0.378. The lowest BCUT2D eigenvalue weighted by molar-refractivity contribution is 0.103. The fourth-order valence-electron chi connectivity index (χ4n) is 1.56. The molecule has 0 fully saturated rings. The quantitative estimate of drug-likeness (QED) is 0.669. The SMILES string of the molecule is Nc1cc(Cl)ccc1C(=O)c1ccc(F)cc1F. The van der Waals surface area contributed by atoms with E-state index in [1.807, 2.05) is 0 Å². The van der Waals surface area contributed by atoms with Crippen LogP contribution in [0, 0.1) is 11.6 Å². The van der Waals surface area contributed by atoms with Crippen LogP contribution in [0.2, 0.25) is 5.02 Å². The topological polar surface area (TPSA) is 43.1 Å². The lowest BCUT2D eigenvalue weighted by Crippen LogP contribution is -2.07. The van der Waals surface area contributed by atoms with Crippen molar-refractivity contribution in [2.75, 3.05) is 5.73 Å². The van der Waals surface area contributed by atoms with Gasteiger partial charge in [0.15, 0.2) is 5.78 Å². The van der Waals surface area contributed by atoms with Crippen LogP contribution in [0.4, 0.5) is 14.5 Å². The summed E-state index contributed by atoms with van der Waals surface area (Å²) in [5.41, 5.74) is 5.69. The van der Waals surface area contributed by atoms with E-state index in [0.29, 0.717) is 11.1 Å². The third-order valence-corrected chi connectivity index (χ3v) is 2.67. The Bertz CT molecular complexity index is 575. The number of nitrogen functional groups attached to an aromatic ring is 1. The Hall–Kier alpha value is -1.94. The predicted molar refractivity (Wildman–Crippen MR) is 65.7 cm³/mol. The first-order chi connectivity index (χ1) is 8.49. The maximum Gasteiger partial charge on any atom is 0.198 e. The van der Waals surface area contributed by atoms with E-state index < -0.39 is 17.4 Å². The van der Waals surface area contributed by atoms with Crippen LogP contribution >= 0.6 is 11.6 Å². The molecule has 0 amide bonds. The van der Waals surface area contributed by atoms with E-state index in [-0.39, 0.29) is 16.8 Å². The van der Waals surface area contributed by atoms with Gasteiger partial charge in [-0.25, -0.2) is 8.78 Å². The Morgan fingerprint density at radius 3 is 2.33 bits per heavy atom. The third kappa shape index (κ3) is 2.33. The van der Waals surface area contributed by atoms with Gasteiger partial charge < -0.3 is 5.73 Å². The first-order valence-corrected chi connectivity index (χ1v) is 5.41. The van der Waals surface area contributed by atoms with E-state index in [2.05, 4.69) is 0 Å². The van der Waals surface area contributed by atoms with Crippen LogP contribution in [-0.2, 0) is 0 Å². The number of nitrogens with two attached hydrogens (primary N) is 1. The standard InChI is InChI=1S/C13H8ClF2NO/c14-7-1-3-10(12(17)5-7)13(18)9-4-2-8(15)6-11(9)16/h1-6H,17H2. The Morgan fingerprint density at radius 2 is 1.72 bits per heavy atom. The maximum atomic E-state index is 13.5. The molecule has 18 heavy (non-hydrogen) atoms. The Labute approximate surface area is 107 Å². The molecule has 2 aromatic rings. The maximum absolute atomic E-state index is 13.5. The molecule has 0 bridgehead atoms. The first kappa shape index (κ1) is 12.5. The molecule has 0 unspecified atom stereocenters. The molecule has 0 heterocycles. The van der Waals surface area contributed by atoms with Crippen LogP contribution in [0.3, 0.4) is 0 Å². The molecule has 0 aromatic heterocycles. The van der Waals surface area contributed by atoms with Gasteiger partial charge in [0.1, 0.15) is 11.6 Å². The van der Waals surface area contributed by atoms with Crippen molar-refractivity contribution >= 4 is 23.1 Å². The van der Waals surface area contributed by atoms with Crippen molar-refractivity contribution in [2.45, 2.75) is 0 Å². The average Bonchev–Trinajstić information content (AvgIpc) is 2.28. The van der Waals surface area contributed by atoms with Gasteiger partial charge in [-0.05, 0) is 30.3 Å². The molecule has 0 saturated heterocycles. The van der Waals surface area contributed by atoms with Crippen molar-refractivity contribution in [1.29, 1.82) is 0 Å². The van der Waals surface area contributed by atoms with Crippen molar-refractivity contribution in [3.05, 3.63) is 64.2 Å². The van der Waals surface area contributed by atoms with Gasteiger partial charge in [0.25, 0.3) is 0 Å². The number of halogens is 3. The zero-order valence-electron chi connectivity index (χ0n) is 9.08. The van der Waals surface area contributed by atoms with Gasteiger partial charge >= 0.3 is 0 Å². The molecule has 2 aromatic carbocycles. The summed E-state index contributed by atoms with van der Waals surface area (Å²) in [7, 11) is 0. The van der Waals surface area contributed by atoms with Crippen LogP contribution in [0.15, 0.2) is 36.4 Å². The van der Waals surface area contributed by atoms with E-state index in [1.54, 1.807) is 0 Å². The number of benzene rings is 2. The molecule has 5 heteroatoms. The highest BCUT2D eigenvalue weighted by atomic mass is 35.5. The summed E-state index contributed by atoms with van der Waals surface area (Å²) in [6, 6.07) is 7.04. The summed E-state index contributed by atoms with van der Waals surface area (Å²) in [4.78, 5) is 12.0. The zero-order chi connectivity index (χ0) is 13.3. The van der Waals surface area contributed by atoms with E-state index in [1.165, 1.54) is 18.2 Å². The largest absolute Gasteiger partial charge is 0.398 e. The molecule has 2 N–H and O–H groups in total. The number of carbonyl (C=O) groups is 1. The highest BCUT2D eigenvalue weighted by molar-refractivity contribution is 6.31. The average molecular weight is 268 g/mol. The molecule has 0 saturated carbocycles. The molecule has 0 aliphatic carbocycles. The summed E-state index contributed by atoms with van der Waals surface area (Å²) in [5.74, 6) is -2.27. The second kappa shape index (κ2) is 4.74. The zero-order valence-corrected chi connectivity index (χ0v) is 9.84. The number of rotatable bonds is 2. The van der Waals surface area contributed by atoms with E-state index in [9.17, 15) is 13.6 Å². The first-order valence-electron chi connectivity index (χ1n) is 5.04. The van der Waals surface area contributed by atoms with Gasteiger partial charge in [0.05, 0.1) is 5.56 Å². The minimum atomic E-state index is -0.922. The summed E-state index contributed by atoms with van der Waals surface area (Å²) < 4.78 is 26.2. The summed E-state index contributed by atoms with van der Waals surface area (Å²) in [6.45, 7) is 0. The monoisotopic (exact) mass is 267 g/mol. The Kier molecular flexibility index (Phi) is 3.30. The van der Waals surface area contributed by atoms with Gasteiger partial charge in [-0.2, -0.15) is 0 Å². The fraction of sp³-hybridized carbons (Fsp3) is 0. The number of hydrogen-bond donors (Lipinski definition) is 1. The van der Waals surface area contributed by atoms with Gasteiger partial charge in [0.2, 0.25) is 0 Å². The predicted octanol–water partition coefficient (Wildman–Crippen LogP) is 3.43. The van der Waals surface area contributed by atoms with Gasteiger partial charge in [-0.1, -0.05) is 11.6 Å². The van der Waals surface area contributed by atoms with E-state index in [4.69, 9.17) is 17.3 Å². The Morgan fingerprint density at radius 1 is 1.06 bits per heavy atom. The van der Waals surface area contributed by atoms with Crippen LogP contribution in [0.1, 0.15) is 15.9 Å². The minimum absolute atomic E-state index is 0.130. The van der Waals surface area contributed by atoms with Crippen LogP contribution in [-0.4, -0.2) is 5.78 Å². The number of hydrogen-bond acceptors (Lipinski definition) is 2. The molecule has 2 rings (SSSR count). The van der Waals surface area contributed by atoms with Crippen molar-refractivity contribution < 1.29 is 13.6 Å². The molecular weight excluding hydrogens is 260 g/mol. The summed E-state index contributed by atoms with van der Waals surface area (Å²) in [6.07, 6.45) is 0. The molecule has 2 nitrogen and oxygen atoms in total. The van der Waals surface area contributed by atoms with Gasteiger partial charge in [0, 0.05) is 22.3 Å². The second-order valence-corrected chi connectivity index (χ2v) is 4.12. The summed E-state index contributed by atoms with van der Waals surface area (Å²) >= 11 is 5.70. The molecule has 0 radical (unpaired) electrons. The van der Waals surface area contributed by atoms with Crippen molar-refractivity contribution in [3.8, 4) is 0 Å². The fourth-order valence-corrected chi connectivity index (χ4v) is 1.74. The molecular formula is C13H8ClF2NO. The lowest BCUT2D eigenvalue weighted by Gasteiger charge is -2.06. The molecule has 0 atom stereocenters. The second-order valence-electron chi connectivity index (χ2n) is 3.68. The van der Waals surface area contributed by atoms with Crippen molar-refractivity contribution in [1.82, 2.24) is 0 Å². The normalized spacial score (nSPS) is 10.4. The smallest absolute Gasteiger partial charge is 0.198 e. The highest BCUT2D eigenvalue weighted by Crippen LogP contribution is 2.22. The number of carbonyl (C=O) groups excluding carboxylic acids is 1.